The molecule has 0 atom stereocenters. The SMILES string of the molecule is CCCCCCCCCCCCCCCCc1ccc(CCCCCCCCCCCCCCCC)cc1. The second-order valence-corrected chi connectivity index (χ2v) is 12.5. The molecule has 1 rings (SSSR count). The molecule has 0 aliphatic rings. The van der Waals surface area contributed by atoms with Gasteiger partial charge in [-0.1, -0.05) is 205 Å². The molecule has 0 saturated carbocycles. The van der Waals surface area contributed by atoms with Crippen molar-refractivity contribution in [3.05, 3.63) is 35.4 Å². The van der Waals surface area contributed by atoms with Gasteiger partial charge in [-0.3, -0.25) is 0 Å². The molecule has 0 aliphatic heterocycles. The first kappa shape index (κ1) is 35.2. The zero-order valence-corrected chi connectivity index (χ0v) is 26.5. The summed E-state index contributed by atoms with van der Waals surface area (Å²) in [7, 11) is 0. The van der Waals surface area contributed by atoms with E-state index in [1.165, 1.54) is 193 Å². The number of hydrogen-bond acceptors (Lipinski definition) is 0. The molecule has 0 amide bonds. The summed E-state index contributed by atoms with van der Waals surface area (Å²) in [5.41, 5.74) is 3.10. The standard InChI is InChI=1S/C38H70/c1-3-5-7-9-11-13-15-17-19-21-23-25-27-29-31-37-33-35-38(36-34-37)32-30-28-26-24-22-20-18-16-14-12-10-8-6-4-2/h33-36H,3-32H2,1-2H3. The maximum absolute atomic E-state index is 2.40. The van der Waals surface area contributed by atoms with Crippen molar-refractivity contribution in [1.29, 1.82) is 0 Å². The average Bonchev–Trinajstić information content (AvgIpc) is 2.94. The quantitative estimate of drug-likeness (QED) is 0.0874. The summed E-state index contributed by atoms with van der Waals surface area (Å²) in [5.74, 6) is 0. The molecule has 0 bridgehead atoms. The highest BCUT2D eigenvalue weighted by Gasteiger charge is 1.99. The van der Waals surface area contributed by atoms with Gasteiger partial charge in [0.2, 0.25) is 0 Å². The highest BCUT2D eigenvalue weighted by molar-refractivity contribution is 5.22. The number of benzene rings is 1. The molecule has 0 aromatic heterocycles. The number of unbranched alkanes of at least 4 members (excludes halogenated alkanes) is 26. The predicted octanol–water partition coefficient (Wildman–Crippen LogP) is 13.7. The van der Waals surface area contributed by atoms with Crippen molar-refractivity contribution >= 4 is 0 Å². The summed E-state index contributed by atoms with van der Waals surface area (Å²) in [6.07, 6.45) is 43.0. The molecule has 0 N–H and O–H groups in total. The molecule has 1 aromatic carbocycles. The van der Waals surface area contributed by atoms with Crippen LogP contribution < -0.4 is 0 Å². The van der Waals surface area contributed by atoms with Crippen LogP contribution in [0.3, 0.4) is 0 Å². The summed E-state index contributed by atoms with van der Waals surface area (Å²) < 4.78 is 0. The first-order chi connectivity index (χ1) is 18.9. The highest BCUT2D eigenvalue weighted by atomic mass is 14.0. The Kier molecular flexibility index (Phi) is 27.1. The van der Waals surface area contributed by atoms with E-state index >= 15 is 0 Å². The van der Waals surface area contributed by atoms with Crippen LogP contribution >= 0.6 is 0 Å². The van der Waals surface area contributed by atoms with Crippen molar-refractivity contribution in [2.45, 2.75) is 206 Å². The van der Waals surface area contributed by atoms with Crippen molar-refractivity contribution in [3.63, 3.8) is 0 Å². The predicted molar refractivity (Wildman–Crippen MR) is 174 cm³/mol. The van der Waals surface area contributed by atoms with Gasteiger partial charge in [0, 0.05) is 0 Å². The van der Waals surface area contributed by atoms with Gasteiger partial charge >= 0.3 is 0 Å². The Morgan fingerprint density at radius 3 is 0.658 bits per heavy atom. The van der Waals surface area contributed by atoms with Crippen LogP contribution in [0.4, 0.5) is 0 Å². The van der Waals surface area contributed by atoms with E-state index in [1.54, 1.807) is 11.1 Å². The minimum Gasteiger partial charge on any atom is -0.0654 e. The smallest absolute Gasteiger partial charge is 0.0279 e. The van der Waals surface area contributed by atoms with E-state index in [0.717, 1.165) is 0 Å². The Labute approximate surface area is 241 Å². The molecule has 222 valence electrons. The molecule has 38 heavy (non-hydrogen) atoms. The summed E-state index contributed by atoms with van der Waals surface area (Å²) in [5, 5.41) is 0. The number of rotatable bonds is 30. The van der Waals surface area contributed by atoms with Crippen LogP contribution in [0.15, 0.2) is 24.3 Å². The van der Waals surface area contributed by atoms with Crippen molar-refractivity contribution in [2.75, 3.05) is 0 Å². The van der Waals surface area contributed by atoms with Crippen molar-refractivity contribution in [2.24, 2.45) is 0 Å². The van der Waals surface area contributed by atoms with Crippen LogP contribution in [-0.4, -0.2) is 0 Å². The van der Waals surface area contributed by atoms with Crippen LogP contribution in [-0.2, 0) is 12.8 Å². The van der Waals surface area contributed by atoms with Crippen molar-refractivity contribution in [1.82, 2.24) is 0 Å². The zero-order valence-electron chi connectivity index (χ0n) is 26.5. The van der Waals surface area contributed by atoms with Gasteiger partial charge in [-0.15, -0.1) is 0 Å². The lowest BCUT2D eigenvalue weighted by Gasteiger charge is -2.06. The van der Waals surface area contributed by atoms with E-state index in [-0.39, 0.29) is 0 Å². The number of aryl methyl sites for hydroxylation is 2. The van der Waals surface area contributed by atoms with Gasteiger partial charge in [0.1, 0.15) is 0 Å². The molecular weight excluding hydrogens is 456 g/mol. The second kappa shape index (κ2) is 29.2. The molecule has 0 unspecified atom stereocenters. The monoisotopic (exact) mass is 527 g/mol. The molecule has 0 saturated heterocycles. The van der Waals surface area contributed by atoms with Crippen LogP contribution in [0.5, 0.6) is 0 Å². The molecule has 0 fully saturated rings. The Morgan fingerprint density at radius 2 is 0.447 bits per heavy atom. The van der Waals surface area contributed by atoms with Gasteiger partial charge in [0.25, 0.3) is 0 Å². The lowest BCUT2D eigenvalue weighted by molar-refractivity contribution is 0.535. The Hall–Kier alpha value is -0.780. The van der Waals surface area contributed by atoms with Gasteiger partial charge < -0.3 is 0 Å². The lowest BCUT2D eigenvalue weighted by Crippen LogP contribution is -1.90. The minimum atomic E-state index is 1.27. The van der Waals surface area contributed by atoms with E-state index < -0.39 is 0 Å². The minimum absolute atomic E-state index is 1.27. The summed E-state index contributed by atoms with van der Waals surface area (Å²) in [4.78, 5) is 0. The molecule has 0 nitrogen and oxygen atoms in total. The lowest BCUT2D eigenvalue weighted by atomic mass is 10.0. The largest absolute Gasteiger partial charge is 0.0654 e. The van der Waals surface area contributed by atoms with Crippen LogP contribution in [0.1, 0.15) is 205 Å². The van der Waals surface area contributed by atoms with Gasteiger partial charge in [-0.25, -0.2) is 0 Å². The van der Waals surface area contributed by atoms with Crippen LogP contribution in [0, 0.1) is 0 Å². The fourth-order valence-corrected chi connectivity index (χ4v) is 5.92. The fourth-order valence-electron chi connectivity index (χ4n) is 5.92. The fraction of sp³-hybridized carbons (Fsp3) is 0.842. The molecule has 0 heterocycles. The normalized spacial score (nSPS) is 11.4. The van der Waals surface area contributed by atoms with Crippen LogP contribution in [0.2, 0.25) is 0 Å². The maximum atomic E-state index is 2.40. The Morgan fingerprint density at radius 1 is 0.263 bits per heavy atom. The zero-order chi connectivity index (χ0) is 27.2. The number of hydrogen-bond donors (Lipinski definition) is 0. The third-order valence-corrected chi connectivity index (χ3v) is 8.66. The molecule has 1 aromatic rings. The first-order valence-electron chi connectivity index (χ1n) is 17.9. The van der Waals surface area contributed by atoms with Gasteiger partial charge in [0.05, 0.1) is 0 Å². The third-order valence-electron chi connectivity index (χ3n) is 8.66. The topological polar surface area (TPSA) is 0 Å². The molecule has 0 heteroatoms. The summed E-state index contributed by atoms with van der Waals surface area (Å²) >= 11 is 0. The van der Waals surface area contributed by atoms with E-state index in [9.17, 15) is 0 Å². The van der Waals surface area contributed by atoms with Gasteiger partial charge in [-0.05, 0) is 36.8 Å². The van der Waals surface area contributed by atoms with Crippen molar-refractivity contribution < 1.29 is 0 Å². The summed E-state index contributed by atoms with van der Waals surface area (Å²) in [6, 6.07) is 9.62. The van der Waals surface area contributed by atoms with E-state index in [2.05, 4.69) is 38.1 Å². The third kappa shape index (κ3) is 24.3. The Balaban J connectivity index is 1.83. The molecule has 0 aliphatic carbocycles. The molecule has 0 radical (unpaired) electrons. The highest BCUT2D eigenvalue weighted by Crippen LogP contribution is 2.16. The van der Waals surface area contributed by atoms with Gasteiger partial charge in [0.15, 0.2) is 0 Å². The Bertz CT molecular complexity index is 505. The molecular formula is C38H70. The first-order valence-corrected chi connectivity index (χ1v) is 17.9. The molecule has 0 spiro atoms. The van der Waals surface area contributed by atoms with Gasteiger partial charge in [-0.2, -0.15) is 0 Å². The second-order valence-electron chi connectivity index (χ2n) is 12.5. The van der Waals surface area contributed by atoms with E-state index in [4.69, 9.17) is 0 Å². The van der Waals surface area contributed by atoms with Crippen LogP contribution in [0.25, 0.3) is 0 Å². The maximum Gasteiger partial charge on any atom is -0.0279 e. The van der Waals surface area contributed by atoms with Crippen molar-refractivity contribution in [3.8, 4) is 0 Å². The van der Waals surface area contributed by atoms with E-state index in [0.29, 0.717) is 0 Å². The average molecular weight is 527 g/mol. The summed E-state index contributed by atoms with van der Waals surface area (Å²) in [6.45, 7) is 4.61. The van der Waals surface area contributed by atoms with E-state index in [1.807, 2.05) is 0 Å².